The molecule has 2 aliphatic heterocycles. The van der Waals surface area contributed by atoms with Gasteiger partial charge in [-0.2, -0.15) is 0 Å². The van der Waals surface area contributed by atoms with Crippen LogP contribution in [0.2, 0.25) is 0 Å². The van der Waals surface area contributed by atoms with Gasteiger partial charge in [0, 0.05) is 6.42 Å². The minimum Gasteiger partial charge on any atom is -0.390 e. The molecule has 0 aliphatic carbocycles. The van der Waals surface area contributed by atoms with Crippen molar-refractivity contribution in [2.75, 3.05) is 6.61 Å². The number of ether oxygens (including phenoxy) is 2. The van der Waals surface area contributed by atoms with Crippen LogP contribution in [0.4, 0.5) is 0 Å². The highest BCUT2D eigenvalue weighted by molar-refractivity contribution is 4.82. The number of aliphatic hydroxyl groups excluding tert-OH is 1. The van der Waals surface area contributed by atoms with Crippen LogP contribution in [0.15, 0.2) is 0 Å². The molecule has 0 aromatic rings. The van der Waals surface area contributed by atoms with Crippen molar-refractivity contribution < 1.29 is 14.6 Å². The highest BCUT2D eigenvalue weighted by Crippen LogP contribution is 2.27. The first-order valence-electron chi connectivity index (χ1n) is 2.81. The van der Waals surface area contributed by atoms with Crippen LogP contribution in [0.25, 0.3) is 0 Å². The first-order valence-corrected chi connectivity index (χ1v) is 2.81. The Labute approximate surface area is 47.2 Å². The van der Waals surface area contributed by atoms with Gasteiger partial charge in [0.25, 0.3) is 0 Å². The van der Waals surface area contributed by atoms with Gasteiger partial charge < -0.3 is 14.6 Å². The first-order chi connectivity index (χ1) is 3.86. The lowest BCUT2D eigenvalue weighted by molar-refractivity contribution is -0.0292. The summed E-state index contributed by atoms with van der Waals surface area (Å²) in [6.07, 6.45) is 0.258. The summed E-state index contributed by atoms with van der Waals surface area (Å²) < 4.78 is 10.2. The zero-order valence-electron chi connectivity index (χ0n) is 4.41. The van der Waals surface area contributed by atoms with Crippen molar-refractivity contribution >= 4 is 0 Å². The summed E-state index contributed by atoms with van der Waals surface area (Å²) in [6, 6.07) is 0. The monoisotopic (exact) mass is 116 g/mol. The average molecular weight is 116 g/mol. The Morgan fingerprint density at radius 3 is 2.62 bits per heavy atom. The minimum atomic E-state index is -0.270. The predicted octanol–water partition coefficient (Wildman–Crippen LogP) is -0.508. The molecule has 0 aromatic heterocycles. The number of fused-ring (bicyclic) bond motifs is 2. The molecule has 1 N–H and O–H groups in total. The summed E-state index contributed by atoms with van der Waals surface area (Å²) in [5.41, 5.74) is 0. The van der Waals surface area contributed by atoms with E-state index >= 15 is 0 Å². The summed E-state index contributed by atoms with van der Waals surface area (Å²) in [5, 5.41) is 9.01. The van der Waals surface area contributed by atoms with Crippen molar-refractivity contribution in [3.8, 4) is 0 Å². The van der Waals surface area contributed by atoms with Crippen LogP contribution in [0.5, 0.6) is 0 Å². The largest absolute Gasteiger partial charge is 0.390 e. The lowest BCUT2D eigenvalue weighted by Gasteiger charge is -2.10. The molecule has 2 fully saturated rings. The van der Waals surface area contributed by atoms with Gasteiger partial charge in [0.1, 0.15) is 6.10 Å². The van der Waals surface area contributed by atoms with Gasteiger partial charge in [-0.3, -0.25) is 0 Å². The Morgan fingerprint density at radius 1 is 1.50 bits per heavy atom. The van der Waals surface area contributed by atoms with Crippen LogP contribution in [0.3, 0.4) is 0 Å². The smallest absolute Gasteiger partial charge is 0.160 e. The lowest BCUT2D eigenvalue weighted by atomic mass is 10.2. The van der Waals surface area contributed by atoms with E-state index in [2.05, 4.69) is 0 Å². The second kappa shape index (κ2) is 1.43. The van der Waals surface area contributed by atoms with Crippen LogP contribution in [-0.4, -0.2) is 30.2 Å². The molecule has 8 heavy (non-hydrogen) atoms. The van der Waals surface area contributed by atoms with E-state index in [0.29, 0.717) is 13.0 Å². The van der Waals surface area contributed by atoms with E-state index in [1.807, 2.05) is 0 Å². The van der Waals surface area contributed by atoms with Crippen molar-refractivity contribution in [3.63, 3.8) is 0 Å². The van der Waals surface area contributed by atoms with E-state index in [-0.39, 0.29) is 18.5 Å². The molecule has 2 bridgehead atoms. The van der Waals surface area contributed by atoms with Crippen molar-refractivity contribution in [2.45, 2.75) is 24.9 Å². The van der Waals surface area contributed by atoms with Crippen molar-refractivity contribution in [2.24, 2.45) is 0 Å². The second-order valence-corrected chi connectivity index (χ2v) is 2.24. The van der Waals surface area contributed by atoms with Gasteiger partial charge in [0.2, 0.25) is 0 Å². The summed E-state index contributed by atoms with van der Waals surface area (Å²) in [4.78, 5) is 0. The summed E-state index contributed by atoms with van der Waals surface area (Å²) >= 11 is 0. The normalized spacial score (nSPS) is 52.9. The molecule has 46 valence electrons. The van der Waals surface area contributed by atoms with Crippen molar-refractivity contribution in [3.05, 3.63) is 0 Å². The average Bonchev–Trinajstić information content (AvgIpc) is 2.23. The van der Waals surface area contributed by atoms with Gasteiger partial charge in [-0.25, -0.2) is 0 Å². The van der Waals surface area contributed by atoms with E-state index in [1.165, 1.54) is 0 Å². The molecule has 0 saturated carbocycles. The molecule has 2 saturated heterocycles. The molecular weight excluding hydrogens is 108 g/mol. The van der Waals surface area contributed by atoms with Crippen LogP contribution in [-0.2, 0) is 9.47 Å². The maximum absolute atomic E-state index is 9.01. The molecule has 0 spiro atoms. The highest BCUT2D eigenvalue weighted by atomic mass is 16.7. The molecule has 3 nitrogen and oxygen atoms in total. The molecule has 2 aliphatic rings. The number of hydrogen-bond donors (Lipinski definition) is 1. The van der Waals surface area contributed by atoms with Crippen LogP contribution in [0.1, 0.15) is 6.42 Å². The number of aliphatic hydroxyl groups is 1. The fourth-order valence-corrected chi connectivity index (χ4v) is 1.15. The van der Waals surface area contributed by atoms with E-state index in [9.17, 15) is 0 Å². The molecule has 3 atom stereocenters. The highest BCUT2D eigenvalue weighted by Gasteiger charge is 2.40. The molecule has 2 rings (SSSR count). The van der Waals surface area contributed by atoms with E-state index in [0.717, 1.165) is 0 Å². The Balaban J connectivity index is 2.11. The third-order valence-corrected chi connectivity index (χ3v) is 1.64. The molecule has 1 unspecified atom stereocenters. The molecule has 0 amide bonds. The third kappa shape index (κ3) is 0.491. The zero-order chi connectivity index (χ0) is 5.56. The van der Waals surface area contributed by atoms with Crippen LogP contribution >= 0.6 is 0 Å². The Kier molecular flexibility index (Phi) is 0.848. The molecule has 3 heteroatoms. The van der Waals surface area contributed by atoms with Gasteiger partial charge >= 0.3 is 0 Å². The third-order valence-electron chi connectivity index (χ3n) is 1.64. The fourth-order valence-electron chi connectivity index (χ4n) is 1.15. The van der Waals surface area contributed by atoms with Gasteiger partial charge in [-0.05, 0) is 0 Å². The fraction of sp³-hybridized carbons (Fsp3) is 1.00. The molecule has 0 radical (unpaired) electrons. The van der Waals surface area contributed by atoms with Gasteiger partial charge in [0.15, 0.2) is 6.29 Å². The van der Waals surface area contributed by atoms with E-state index in [4.69, 9.17) is 14.6 Å². The topological polar surface area (TPSA) is 38.7 Å². The molecular formula is C5H8O3. The predicted molar refractivity (Wildman–Crippen MR) is 25.2 cm³/mol. The van der Waals surface area contributed by atoms with Gasteiger partial charge in [0.05, 0.1) is 12.7 Å². The van der Waals surface area contributed by atoms with Crippen LogP contribution in [0, 0.1) is 0 Å². The standard InChI is InChI=1S/C5H8O3/c6-3-1-5-7-2-4(3)8-5/h3-6H,1-2H2/t3-,4?,5-/m0/s1. The Bertz CT molecular complexity index is 102. The van der Waals surface area contributed by atoms with Crippen molar-refractivity contribution in [1.29, 1.82) is 0 Å². The SMILES string of the molecule is O[C@H]1C[C@H]2OCC1O2. The summed E-state index contributed by atoms with van der Waals surface area (Å²) in [7, 11) is 0. The van der Waals surface area contributed by atoms with E-state index < -0.39 is 0 Å². The Hall–Kier alpha value is -0.120. The molecule has 0 aromatic carbocycles. The Morgan fingerprint density at radius 2 is 2.38 bits per heavy atom. The number of hydrogen-bond acceptors (Lipinski definition) is 3. The summed E-state index contributed by atoms with van der Waals surface area (Å²) in [6.45, 7) is 0.575. The van der Waals surface area contributed by atoms with Gasteiger partial charge in [-0.15, -0.1) is 0 Å². The lowest BCUT2D eigenvalue weighted by Crippen LogP contribution is -2.26. The quantitative estimate of drug-likeness (QED) is 0.463. The summed E-state index contributed by atoms with van der Waals surface area (Å²) in [5.74, 6) is 0. The van der Waals surface area contributed by atoms with Gasteiger partial charge in [-0.1, -0.05) is 0 Å². The number of rotatable bonds is 0. The second-order valence-electron chi connectivity index (χ2n) is 2.24. The maximum Gasteiger partial charge on any atom is 0.160 e. The van der Waals surface area contributed by atoms with Crippen molar-refractivity contribution in [1.82, 2.24) is 0 Å². The van der Waals surface area contributed by atoms with Crippen LogP contribution < -0.4 is 0 Å². The maximum atomic E-state index is 9.01. The zero-order valence-corrected chi connectivity index (χ0v) is 4.41. The molecule has 2 heterocycles. The minimum absolute atomic E-state index is 0.0278. The van der Waals surface area contributed by atoms with E-state index in [1.54, 1.807) is 0 Å². The first kappa shape index (κ1) is 4.73.